The van der Waals surface area contributed by atoms with E-state index >= 15 is 0 Å². The van der Waals surface area contributed by atoms with Gasteiger partial charge in [-0.2, -0.15) is 4.98 Å². The van der Waals surface area contributed by atoms with E-state index in [1.807, 2.05) is 54.6 Å². The van der Waals surface area contributed by atoms with Gasteiger partial charge in [0.2, 0.25) is 5.82 Å². The largest absolute Gasteiger partial charge is 0.489 e. The minimum Gasteiger partial charge on any atom is -0.489 e. The van der Waals surface area contributed by atoms with Crippen molar-refractivity contribution < 1.29 is 9.26 Å². The lowest BCUT2D eigenvalue weighted by Crippen LogP contribution is -1.94. The minimum absolute atomic E-state index is 0.0319. The van der Waals surface area contributed by atoms with Crippen molar-refractivity contribution in [1.29, 1.82) is 0 Å². The maximum absolute atomic E-state index is 5.70. The Bertz CT molecular complexity index is 681. The molecule has 2 aromatic carbocycles. The molecule has 0 radical (unpaired) electrons. The Morgan fingerprint density at radius 2 is 1.75 bits per heavy atom. The Kier molecular flexibility index (Phi) is 3.65. The molecule has 3 rings (SSSR count). The molecule has 0 unspecified atom stereocenters. The van der Waals surface area contributed by atoms with Crippen LogP contribution >= 0.6 is 11.6 Å². The first-order valence-electron chi connectivity index (χ1n) is 6.07. The lowest BCUT2D eigenvalue weighted by atomic mass is 10.2. The van der Waals surface area contributed by atoms with Crippen LogP contribution in [0, 0.1) is 0 Å². The molecular weight excluding hydrogens is 276 g/mol. The Labute approximate surface area is 121 Å². The van der Waals surface area contributed by atoms with Crippen LogP contribution in [0.1, 0.15) is 5.56 Å². The maximum atomic E-state index is 5.70. The molecule has 0 aliphatic rings. The smallest absolute Gasteiger partial charge is 0.320 e. The van der Waals surface area contributed by atoms with E-state index in [9.17, 15) is 0 Å². The molecule has 0 atom stereocenters. The van der Waals surface area contributed by atoms with Gasteiger partial charge < -0.3 is 9.26 Å². The van der Waals surface area contributed by atoms with Crippen molar-refractivity contribution in [3.05, 3.63) is 65.5 Å². The normalized spacial score (nSPS) is 10.4. The molecule has 100 valence electrons. The van der Waals surface area contributed by atoms with Crippen molar-refractivity contribution in [2.24, 2.45) is 0 Å². The van der Waals surface area contributed by atoms with Gasteiger partial charge in [0.05, 0.1) is 0 Å². The molecule has 0 saturated carbocycles. The van der Waals surface area contributed by atoms with Gasteiger partial charge in [-0.25, -0.2) is 0 Å². The van der Waals surface area contributed by atoms with Gasteiger partial charge in [0.15, 0.2) is 0 Å². The minimum atomic E-state index is 0.0319. The van der Waals surface area contributed by atoms with Gasteiger partial charge >= 0.3 is 5.35 Å². The Morgan fingerprint density at radius 1 is 1.00 bits per heavy atom. The van der Waals surface area contributed by atoms with Gasteiger partial charge in [-0.15, -0.1) is 0 Å². The fraction of sp³-hybridized carbons (Fsp3) is 0.0667. The first-order chi connectivity index (χ1) is 9.81. The van der Waals surface area contributed by atoms with E-state index in [1.165, 1.54) is 0 Å². The van der Waals surface area contributed by atoms with Gasteiger partial charge in [-0.1, -0.05) is 35.5 Å². The molecule has 0 N–H and O–H groups in total. The van der Waals surface area contributed by atoms with E-state index in [-0.39, 0.29) is 5.35 Å². The summed E-state index contributed by atoms with van der Waals surface area (Å²) in [5.41, 5.74) is 1.95. The predicted octanol–water partition coefficient (Wildman–Crippen LogP) is 3.97. The fourth-order valence-corrected chi connectivity index (χ4v) is 1.88. The molecule has 0 amide bonds. The van der Waals surface area contributed by atoms with Crippen molar-refractivity contribution in [1.82, 2.24) is 10.1 Å². The summed E-state index contributed by atoms with van der Waals surface area (Å²) in [5.74, 6) is 1.25. The molecule has 20 heavy (non-hydrogen) atoms. The van der Waals surface area contributed by atoms with Crippen LogP contribution in [0.25, 0.3) is 11.4 Å². The zero-order chi connectivity index (χ0) is 13.8. The average Bonchev–Trinajstić information content (AvgIpc) is 2.93. The molecule has 0 aliphatic heterocycles. The highest BCUT2D eigenvalue weighted by Crippen LogP contribution is 2.21. The second kappa shape index (κ2) is 5.75. The molecule has 5 heteroatoms. The first-order valence-corrected chi connectivity index (χ1v) is 6.45. The third-order valence-corrected chi connectivity index (χ3v) is 2.92. The van der Waals surface area contributed by atoms with Crippen LogP contribution in [0.3, 0.4) is 0 Å². The van der Waals surface area contributed by atoms with Crippen molar-refractivity contribution in [3.8, 4) is 17.1 Å². The van der Waals surface area contributed by atoms with Gasteiger partial charge in [0.1, 0.15) is 12.4 Å². The number of ether oxygens (including phenoxy) is 1. The molecule has 3 aromatic rings. The lowest BCUT2D eigenvalue weighted by Gasteiger charge is -2.06. The van der Waals surface area contributed by atoms with Gasteiger partial charge in [0.25, 0.3) is 0 Å². The Morgan fingerprint density at radius 3 is 2.40 bits per heavy atom. The van der Waals surface area contributed by atoms with Crippen molar-refractivity contribution in [2.45, 2.75) is 6.61 Å². The number of rotatable bonds is 4. The van der Waals surface area contributed by atoms with Crippen LogP contribution in [-0.2, 0) is 6.61 Å². The summed E-state index contributed by atoms with van der Waals surface area (Å²) in [6.07, 6.45) is 0. The van der Waals surface area contributed by atoms with Gasteiger partial charge in [-0.3, -0.25) is 0 Å². The third kappa shape index (κ3) is 2.97. The van der Waals surface area contributed by atoms with E-state index in [1.54, 1.807) is 0 Å². The van der Waals surface area contributed by atoms with Crippen LogP contribution in [0.2, 0.25) is 5.35 Å². The van der Waals surface area contributed by atoms with E-state index in [2.05, 4.69) is 10.1 Å². The number of aromatic nitrogens is 2. The monoisotopic (exact) mass is 286 g/mol. The molecule has 4 nitrogen and oxygen atoms in total. The molecule has 1 aromatic heterocycles. The fourth-order valence-electron chi connectivity index (χ4n) is 1.76. The van der Waals surface area contributed by atoms with E-state index < -0.39 is 0 Å². The quantitative estimate of drug-likeness (QED) is 0.728. The zero-order valence-corrected chi connectivity index (χ0v) is 11.2. The molecule has 1 heterocycles. The van der Waals surface area contributed by atoms with Crippen LogP contribution in [0.5, 0.6) is 5.75 Å². The molecular formula is C15H11ClN2O2. The topological polar surface area (TPSA) is 48.2 Å². The van der Waals surface area contributed by atoms with Gasteiger partial charge in [-0.05, 0) is 41.4 Å². The highest BCUT2D eigenvalue weighted by atomic mass is 35.5. The number of halogens is 1. The summed E-state index contributed by atoms with van der Waals surface area (Å²) in [6, 6.07) is 17.5. The summed E-state index contributed by atoms with van der Waals surface area (Å²) in [4.78, 5) is 3.95. The SMILES string of the molecule is Clc1nc(-c2ccc(OCc3ccccc3)cc2)no1. The first kappa shape index (κ1) is 12.7. The second-order valence-electron chi connectivity index (χ2n) is 4.17. The predicted molar refractivity (Wildman–Crippen MR) is 75.5 cm³/mol. The maximum Gasteiger partial charge on any atom is 0.320 e. The standard InChI is InChI=1S/C15H11ClN2O2/c16-15-17-14(18-20-15)12-6-8-13(9-7-12)19-10-11-4-2-1-3-5-11/h1-9H,10H2. The zero-order valence-electron chi connectivity index (χ0n) is 10.5. The molecule has 0 spiro atoms. The number of benzene rings is 2. The van der Waals surface area contributed by atoms with Crippen LogP contribution < -0.4 is 4.74 Å². The number of hydrogen-bond donors (Lipinski definition) is 0. The molecule has 0 bridgehead atoms. The summed E-state index contributed by atoms with van der Waals surface area (Å²) in [5, 5.41) is 3.78. The summed E-state index contributed by atoms with van der Waals surface area (Å²) < 4.78 is 10.4. The van der Waals surface area contributed by atoms with Crippen molar-refractivity contribution >= 4 is 11.6 Å². The lowest BCUT2D eigenvalue weighted by molar-refractivity contribution is 0.306. The van der Waals surface area contributed by atoms with Gasteiger partial charge in [0, 0.05) is 5.56 Å². The molecule has 0 saturated heterocycles. The third-order valence-electron chi connectivity index (χ3n) is 2.76. The van der Waals surface area contributed by atoms with E-state index in [0.717, 1.165) is 16.9 Å². The highest BCUT2D eigenvalue weighted by Gasteiger charge is 2.06. The van der Waals surface area contributed by atoms with Crippen molar-refractivity contribution in [3.63, 3.8) is 0 Å². The second-order valence-corrected chi connectivity index (χ2v) is 4.49. The van der Waals surface area contributed by atoms with Crippen LogP contribution in [0.15, 0.2) is 59.1 Å². The summed E-state index contributed by atoms with van der Waals surface area (Å²) in [6.45, 7) is 0.536. The summed E-state index contributed by atoms with van der Waals surface area (Å²) >= 11 is 5.59. The Balaban J connectivity index is 1.67. The van der Waals surface area contributed by atoms with Crippen molar-refractivity contribution in [2.75, 3.05) is 0 Å². The van der Waals surface area contributed by atoms with E-state index in [4.69, 9.17) is 20.9 Å². The highest BCUT2D eigenvalue weighted by molar-refractivity contribution is 6.27. The Hall–Kier alpha value is -2.33. The van der Waals surface area contributed by atoms with Crippen LogP contribution in [0.4, 0.5) is 0 Å². The summed E-state index contributed by atoms with van der Waals surface area (Å²) in [7, 11) is 0. The number of hydrogen-bond acceptors (Lipinski definition) is 4. The average molecular weight is 287 g/mol. The van der Waals surface area contributed by atoms with Crippen LogP contribution in [-0.4, -0.2) is 10.1 Å². The number of nitrogens with zero attached hydrogens (tertiary/aromatic N) is 2. The molecule has 0 fully saturated rings. The molecule has 0 aliphatic carbocycles. The van der Waals surface area contributed by atoms with E-state index in [0.29, 0.717) is 12.4 Å².